The molecule has 1 aromatic heterocycles. The highest BCUT2D eigenvalue weighted by molar-refractivity contribution is 5.35. The maximum atomic E-state index is 11.7. The molecular weight excluding hydrogens is 181 g/mol. The van der Waals surface area contributed by atoms with Gasteiger partial charge in [-0.2, -0.15) is 13.2 Å². The lowest BCUT2D eigenvalue weighted by atomic mass is 10.3. The molecule has 1 aromatic rings. The summed E-state index contributed by atoms with van der Waals surface area (Å²) in [6.07, 6.45) is -2.69. The summed E-state index contributed by atoms with van der Waals surface area (Å²) in [5, 5.41) is 2.18. The predicted molar refractivity (Wildman–Crippen MR) is 43.5 cm³/mol. The van der Waals surface area contributed by atoms with Gasteiger partial charge in [0.05, 0.1) is 0 Å². The Kier molecular flexibility index (Phi) is 2.75. The van der Waals surface area contributed by atoms with Gasteiger partial charge >= 0.3 is 6.18 Å². The van der Waals surface area contributed by atoms with E-state index in [0.29, 0.717) is 0 Å². The first-order valence-corrected chi connectivity index (χ1v) is 3.71. The van der Waals surface area contributed by atoms with Gasteiger partial charge in [-0.3, -0.25) is 0 Å². The Bertz CT molecular complexity index is 266. The third-order valence-electron chi connectivity index (χ3n) is 1.38. The molecule has 0 aliphatic heterocycles. The van der Waals surface area contributed by atoms with E-state index in [1.54, 1.807) is 6.07 Å². The Morgan fingerprint density at radius 3 is 2.54 bits per heavy atom. The average molecular weight is 190 g/mol. The Balaban J connectivity index is 2.51. The van der Waals surface area contributed by atoms with Crippen LogP contribution in [0.1, 0.15) is 5.56 Å². The number of pyridine rings is 1. The van der Waals surface area contributed by atoms with E-state index in [1.807, 2.05) is 6.92 Å². The first-order chi connectivity index (χ1) is 5.97. The average Bonchev–Trinajstić information content (AvgIpc) is 2.02. The molecule has 1 heterocycles. The quantitative estimate of drug-likeness (QED) is 0.774. The highest BCUT2D eigenvalue weighted by Crippen LogP contribution is 2.15. The number of alkyl halides is 3. The maximum absolute atomic E-state index is 11.7. The molecule has 5 heteroatoms. The number of anilines is 1. The van der Waals surface area contributed by atoms with Gasteiger partial charge in [0.15, 0.2) is 0 Å². The lowest BCUT2D eigenvalue weighted by Crippen LogP contribution is -2.21. The van der Waals surface area contributed by atoms with Crippen LogP contribution in [-0.4, -0.2) is 17.7 Å². The van der Waals surface area contributed by atoms with E-state index >= 15 is 0 Å². The van der Waals surface area contributed by atoms with E-state index in [9.17, 15) is 13.2 Å². The molecule has 0 atom stereocenters. The Hall–Kier alpha value is -1.26. The van der Waals surface area contributed by atoms with E-state index in [0.717, 1.165) is 5.56 Å². The van der Waals surface area contributed by atoms with Crippen LogP contribution in [-0.2, 0) is 0 Å². The van der Waals surface area contributed by atoms with Gasteiger partial charge in [0.2, 0.25) is 0 Å². The molecular formula is C8H9F3N2. The van der Waals surface area contributed by atoms with Gasteiger partial charge in [-0.05, 0) is 18.6 Å². The van der Waals surface area contributed by atoms with Gasteiger partial charge in [-0.25, -0.2) is 4.98 Å². The predicted octanol–water partition coefficient (Wildman–Crippen LogP) is 2.36. The van der Waals surface area contributed by atoms with Crippen molar-refractivity contribution in [1.29, 1.82) is 0 Å². The van der Waals surface area contributed by atoms with Crippen molar-refractivity contribution in [3.8, 4) is 0 Å². The smallest absolute Gasteiger partial charge is 0.361 e. The topological polar surface area (TPSA) is 24.9 Å². The molecule has 0 aromatic carbocycles. The Labute approximate surface area is 73.8 Å². The SMILES string of the molecule is Cc1ccc(NCC(F)(F)F)nc1. The van der Waals surface area contributed by atoms with Crippen LogP contribution in [0.3, 0.4) is 0 Å². The van der Waals surface area contributed by atoms with Crippen LogP contribution >= 0.6 is 0 Å². The lowest BCUT2D eigenvalue weighted by Gasteiger charge is -2.08. The number of rotatable bonds is 2. The van der Waals surface area contributed by atoms with Crippen molar-refractivity contribution in [3.05, 3.63) is 23.9 Å². The van der Waals surface area contributed by atoms with Crippen molar-refractivity contribution in [1.82, 2.24) is 4.98 Å². The normalized spacial score (nSPS) is 11.4. The van der Waals surface area contributed by atoms with Crippen LogP contribution < -0.4 is 5.32 Å². The fraction of sp³-hybridized carbons (Fsp3) is 0.375. The van der Waals surface area contributed by atoms with Crippen molar-refractivity contribution in [2.45, 2.75) is 13.1 Å². The summed E-state index contributed by atoms with van der Waals surface area (Å²) < 4.78 is 35.2. The summed E-state index contributed by atoms with van der Waals surface area (Å²) in [7, 11) is 0. The van der Waals surface area contributed by atoms with Gasteiger partial charge in [0.1, 0.15) is 12.4 Å². The molecule has 0 bridgehead atoms. The number of aromatic nitrogens is 1. The summed E-state index contributed by atoms with van der Waals surface area (Å²) in [6.45, 7) is 0.767. The van der Waals surface area contributed by atoms with Crippen molar-refractivity contribution in [2.24, 2.45) is 0 Å². The third kappa shape index (κ3) is 3.78. The summed E-state index contributed by atoms with van der Waals surface area (Å²) in [5.74, 6) is 0.239. The molecule has 1 rings (SSSR count). The summed E-state index contributed by atoms with van der Waals surface area (Å²) >= 11 is 0. The van der Waals surface area contributed by atoms with Crippen LogP contribution in [0.4, 0.5) is 19.0 Å². The standard InChI is InChI=1S/C8H9F3N2/c1-6-2-3-7(12-4-6)13-5-8(9,10)11/h2-4H,5H2,1H3,(H,12,13). The second kappa shape index (κ2) is 3.64. The Morgan fingerprint density at radius 1 is 1.38 bits per heavy atom. The van der Waals surface area contributed by atoms with E-state index < -0.39 is 12.7 Å². The molecule has 1 N–H and O–H groups in total. The summed E-state index contributed by atoms with van der Waals surface area (Å²) in [5.41, 5.74) is 0.914. The third-order valence-corrected chi connectivity index (χ3v) is 1.38. The molecule has 0 unspecified atom stereocenters. The number of hydrogen-bond donors (Lipinski definition) is 1. The lowest BCUT2D eigenvalue weighted by molar-refractivity contribution is -0.115. The molecule has 0 saturated heterocycles. The van der Waals surface area contributed by atoms with Crippen molar-refractivity contribution in [3.63, 3.8) is 0 Å². The number of halogens is 3. The molecule has 0 aliphatic carbocycles. The van der Waals surface area contributed by atoms with E-state index in [4.69, 9.17) is 0 Å². The second-order valence-corrected chi connectivity index (χ2v) is 2.69. The number of nitrogens with zero attached hydrogens (tertiary/aromatic N) is 1. The monoisotopic (exact) mass is 190 g/mol. The molecule has 0 amide bonds. The molecule has 0 saturated carbocycles. The highest BCUT2D eigenvalue weighted by atomic mass is 19.4. The molecule has 13 heavy (non-hydrogen) atoms. The molecule has 72 valence electrons. The zero-order valence-corrected chi connectivity index (χ0v) is 7.02. The van der Waals surface area contributed by atoms with Gasteiger partial charge in [-0.15, -0.1) is 0 Å². The maximum Gasteiger partial charge on any atom is 0.405 e. The molecule has 0 spiro atoms. The van der Waals surface area contributed by atoms with Crippen LogP contribution in [0.5, 0.6) is 0 Å². The zero-order chi connectivity index (χ0) is 9.90. The minimum atomic E-state index is -4.20. The number of aryl methyl sites for hydroxylation is 1. The number of nitrogens with one attached hydrogen (secondary N) is 1. The molecule has 0 aliphatic rings. The summed E-state index contributed by atoms with van der Waals surface area (Å²) in [6, 6.07) is 3.22. The zero-order valence-electron chi connectivity index (χ0n) is 7.02. The Morgan fingerprint density at radius 2 is 2.08 bits per heavy atom. The van der Waals surface area contributed by atoms with E-state index in [-0.39, 0.29) is 5.82 Å². The highest BCUT2D eigenvalue weighted by Gasteiger charge is 2.26. The fourth-order valence-electron chi connectivity index (χ4n) is 0.763. The fourth-order valence-corrected chi connectivity index (χ4v) is 0.763. The van der Waals surface area contributed by atoms with Gasteiger partial charge in [0, 0.05) is 6.20 Å². The minimum absolute atomic E-state index is 0.239. The van der Waals surface area contributed by atoms with Crippen LogP contribution in [0.25, 0.3) is 0 Å². The van der Waals surface area contributed by atoms with E-state index in [2.05, 4.69) is 10.3 Å². The first-order valence-electron chi connectivity index (χ1n) is 3.71. The molecule has 0 fully saturated rings. The van der Waals surface area contributed by atoms with Crippen LogP contribution in [0.15, 0.2) is 18.3 Å². The van der Waals surface area contributed by atoms with Crippen molar-refractivity contribution < 1.29 is 13.2 Å². The van der Waals surface area contributed by atoms with Gasteiger partial charge in [0.25, 0.3) is 0 Å². The second-order valence-electron chi connectivity index (χ2n) is 2.69. The first kappa shape index (κ1) is 9.83. The van der Waals surface area contributed by atoms with Crippen LogP contribution in [0.2, 0.25) is 0 Å². The van der Waals surface area contributed by atoms with Crippen molar-refractivity contribution in [2.75, 3.05) is 11.9 Å². The van der Waals surface area contributed by atoms with Gasteiger partial charge in [-0.1, -0.05) is 6.07 Å². The summed E-state index contributed by atoms with van der Waals surface area (Å²) in [4.78, 5) is 3.77. The minimum Gasteiger partial charge on any atom is -0.361 e. The largest absolute Gasteiger partial charge is 0.405 e. The number of hydrogen-bond acceptors (Lipinski definition) is 2. The van der Waals surface area contributed by atoms with Crippen molar-refractivity contribution >= 4 is 5.82 Å². The van der Waals surface area contributed by atoms with Crippen LogP contribution in [0, 0.1) is 6.92 Å². The molecule has 2 nitrogen and oxygen atoms in total. The molecule has 0 radical (unpaired) electrons. The van der Waals surface area contributed by atoms with E-state index in [1.165, 1.54) is 12.3 Å². The van der Waals surface area contributed by atoms with Gasteiger partial charge < -0.3 is 5.32 Å².